The molecule has 1 aliphatic heterocycles. The minimum atomic E-state index is 0.151. The summed E-state index contributed by atoms with van der Waals surface area (Å²) in [5.74, 6) is 0.700. The van der Waals surface area contributed by atoms with Gasteiger partial charge in [0, 0.05) is 11.6 Å². The van der Waals surface area contributed by atoms with E-state index in [1.165, 1.54) is 18.4 Å². The minimum absolute atomic E-state index is 0.151. The molecule has 0 radical (unpaired) electrons. The predicted molar refractivity (Wildman–Crippen MR) is 65.9 cm³/mol. The van der Waals surface area contributed by atoms with Crippen LogP contribution in [0.15, 0.2) is 24.3 Å². The molecule has 2 unspecified atom stereocenters. The number of Topliss-reactive ketones (excluding diaryl/α,β-unsaturated/α-hetero) is 1. The summed E-state index contributed by atoms with van der Waals surface area (Å²) in [5, 5.41) is 3.49. The molecule has 16 heavy (non-hydrogen) atoms. The molecule has 0 spiro atoms. The zero-order chi connectivity index (χ0) is 11.5. The maximum atomic E-state index is 11.3. The summed E-state index contributed by atoms with van der Waals surface area (Å²) in [5.41, 5.74) is 2.13. The summed E-state index contributed by atoms with van der Waals surface area (Å²) < 4.78 is 0. The van der Waals surface area contributed by atoms with E-state index in [9.17, 15) is 4.79 Å². The molecule has 2 atom stereocenters. The van der Waals surface area contributed by atoms with Gasteiger partial charge in [0.05, 0.1) is 0 Å². The van der Waals surface area contributed by atoms with E-state index >= 15 is 0 Å². The number of hydrogen-bond acceptors (Lipinski definition) is 2. The molecule has 1 N–H and O–H groups in total. The van der Waals surface area contributed by atoms with E-state index in [2.05, 4.69) is 24.4 Å². The number of benzene rings is 1. The van der Waals surface area contributed by atoms with Crippen LogP contribution >= 0.6 is 0 Å². The Morgan fingerprint density at radius 2 is 2.25 bits per heavy atom. The molecule has 0 aromatic heterocycles. The van der Waals surface area contributed by atoms with Crippen LogP contribution in [0.2, 0.25) is 0 Å². The molecule has 1 saturated heterocycles. The topological polar surface area (TPSA) is 29.1 Å². The smallest absolute Gasteiger partial charge is 0.159 e. The van der Waals surface area contributed by atoms with E-state index in [4.69, 9.17) is 0 Å². The van der Waals surface area contributed by atoms with Gasteiger partial charge < -0.3 is 5.32 Å². The Balaban J connectivity index is 2.25. The van der Waals surface area contributed by atoms with Gasteiger partial charge in [-0.2, -0.15) is 0 Å². The van der Waals surface area contributed by atoms with Gasteiger partial charge in [-0.15, -0.1) is 0 Å². The van der Waals surface area contributed by atoms with Crippen LogP contribution in [-0.2, 0) is 0 Å². The van der Waals surface area contributed by atoms with E-state index in [0.717, 1.165) is 12.1 Å². The van der Waals surface area contributed by atoms with E-state index in [-0.39, 0.29) is 5.78 Å². The van der Waals surface area contributed by atoms with Crippen LogP contribution in [0.3, 0.4) is 0 Å². The Morgan fingerprint density at radius 1 is 1.44 bits per heavy atom. The Morgan fingerprint density at radius 3 is 2.94 bits per heavy atom. The number of rotatable bonds is 2. The molecule has 2 heteroatoms. The molecule has 1 heterocycles. The number of piperidine rings is 1. The van der Waals surface area contributed by atoms with Gasteiger partial charge in [0.25, 0.3) is 0 Å². The lowest BCUT2D eigenvalue weighted by atomic mass is 9.85. The lowest BCUT2D eigenvalue weighted by molar-refractivity contribution is 0.101. The fraction of sp³-hybridized carbons (Fsp3) is 0.500. The molecule has 0 bridgehead atoms. The normalized spacial score (nSPS) is 25.4. The van der Waals surface area contributed by atoms with Gasteiger partial charge in [-0.1, -0.05) is 18.2 Å². The van der Waals surface area contributed by atoms with Gasteiger partial charge in [-0.25, -0.2) is 0 Å². The zero-order valence-corrected chi connectivity index (χ0v) is 9.99. The largest absolute Gasteiger partial charge is 0.314 e. The third-order valence-electron chi connectivity index (χ3n) is 3.48. The lowest BCUT2D eigenvalue weighted by Crippen LogP contribution is -2.37. The first-order valence-electron chi connectivity index (χ1n) is 6.03. The van der Waals surface area contributed by atoms with Gasteiger partial charge in [0.2, 0.25) is 0 Å². The van der Waals surface area contributed by atoms with Crippen molar-refractivity contribution in [2.24, 2.45) is 0 Å². The van der Waals surface area contributed by atoms with Crippen LogP contribution in [0, 0.1) is 0 Å². The number of carbonyl (C=O) groups is 1. The van der Waals surface area contributed by atoms with Crippen molar-refractivity contribution in [3.8, 4) is 0 Å². The van der Waals surface area contributed by atoms with Crippen LogP contribution in [0.1, 0.15) is 48.5 Å². The number of hydrogen-bond donors (Lipinski definition) is 1. The average Bonchev–Trinajstić information content (AvgIpc) is 2.30. The van der Waals surface area contributed by atoms with Gasteiger partial charge >= 0.3 is 0 Å². The second-order valence-electron chi connectivity index (χ2n) is 4.67. The first-order chi connectivity index (χ1) is 7.68. The molecule has 0 amide bonds. The molecule has 1 aromatic rings. The molecule has 1 aromatic carbocycles. The summed E-state index contributed by atoms with van der Waals surface area (Å²) in [6.45, 7) is 4.97. The fourth-order valence-electron chi connectivity index (χ4n) is 2.49. The van der Waals surface area contributed by atoms with Crippen molar-refractivity contribution in [2.75, 3.05) is 6.54 Å². The Bertz CT molecular complexity index is 386. The highest BCUT2D eigenvalue weighted by Crippen LogP contribution is 2.28. The van der Waals surface area contributed by atoms with Crippen LogP contribution < -0.4 is 5.32 Å². The third kappa shape index (κ3) is 2.33. The maximum Gasteiger partial charge on any atom is 0.159 e. The summed E-state index contributed by atoms with van der Waals surface area (Å²) >= 11 is 0. The van der Waals surface area contributed by atoms with Crippen molar-refractivity contribution >= 4 is 5.78 Å². The molecule has 1 fully saturated rings. The van der Waals surface area contributed by atoms with Crippen molar-refractivity contribution in [1.29, 1.82) is 0 Å². The molecular weight excluding hydrogens is 198 g/mol. The SMILES string of the molecule is CC(=O)c1cccc(C2CCCNC2C)c1. The Labute approximate surface area is 97.1 Å². The average molecular weight is 217 g/mol. The molecular formula is C14H19NO. The van der Waals surface area contributed by atoms with Crippen LogP contribution in [0.25, 0.3) is 0 Å². The molecule has 2 nitrogen and oxygen atoms in total. The highest BCUT2D eigenvalue weighted by molar-refractivity contribution is 5.94. The molecule has 2 rings (SSSR count). The van der Waals surface area contributed by atoms with Crippen molar-refractivity contribution < 1.29 is 4.79 Å². The number of nitrogens with one attached hydrogen (secondary N) is 1. The first-order valence-corrected chi connectivity index (χ1v) is 6.03. The predicted octanol–water partition coefficient (Wildman–Crippen LogP) is 2.74. The quantitative estimate of drug-likeness (QED) is 0.772. The summed E-state index contributed by atoms with van der Waals surface area (Å²) in [6.07, 6.45) is 2.44. The van der Waals surface area contributed by atoms with Crippen LogP contribution in [-0.4, -0.2) is 18.4 Å². The monoisotopic (exact) mass is 217 g/mol. The van der Waals surface area contributed by atoms with Crippen LogP contribution in [0.5, 0.6) is 0 Å². The second-order valence-corrected chi connectivity index (χ2v) is 4.67. The highest BCUT2D eigenvalue weighted by Gasteiger charge is 2.22. The summed E-state index contributed by atoms with van der Waals surface area (Å²) in [6, 6.07) is 8.59. The number of ketones is 1. The standard InChI is InChI=1S/C14H19NO/c1-10-14(7-4-8-15-10)13-6-3-5-12(9-13)11(2)16/h3,5-6,9-10,14-15H,4,7-8H2,1-2H3. The molecule has 0 aliphatic carbocycles. The maximum absolute atomic E-state index is 11.3. The van der Waals surface area contributed by atoms with E-state index in [1.54, 1.807) is 6.92 Å². The zero-order valence-electron chi connectivity index (χ0n) is 9.99. The van der Waals surface area contributed by atoms with Gasteiger partial charge in [0.15, 0.2) is 5.78 Å². The van der Waals surface area contributed by atoms with E-state index < -0.39 is 0 Å². The third-order valence-corrected chi connectivity index (χ3v) is 3.48. The van der Waals surface area contributed by atoms with Crippen molar-refractivity contribution in [2.45, 2.75) is 38.6 Å². The lowest BCUT2D eigenvalue weighted by Gasteiger charge is -2.30. The highest BCUT2D eigenvalue weighted by atomic mass is 16.1. The van der Waals surface area contributed by atoms with Crippen LogP contribution in [0.4, 0.5) is 0 Å². The van der Waals surface area contributed by atoms with Gasteiger partial charge in [-0.05, 0) is 50.8 Å². The number of carbonyl (C=O) groups excluding carboxylic acids is 1. The van der Waals surface area contributed by atoms with Crippen molar-refractivity contribution in [3.63, 3.8) is 0 Å². The minimum Gasteiger partial charge on any atom is -0.314 e. The first kappa shape index (κ1) is 11.3. The fourth-order valence-corrected chi connectivity index (χ4v) is 2.49. The van der Waals surface area contributed by atoms with E-state index in [1.807, 2.05) is 12.1 Å². The Kier molecular flexibility index (Phi) is 3.39. The van der Waals surface area contributed by atoms with Gasteiger partial charge in [0.1, 0.15) is 0 Å². The second kappa shape index (κ2) is 4.79. The summed E-state index contributed by atoms with van der Waals surface area (Å²) in [7, 11) is 0. The van der Waals surface area contributed by atoms with E-state index in [0.29, 0.717) is 12.0 Å². The van der Waals surface area contributed by atoms with Gasteiger partial charge in [-0.3, -0.25) is 4.79 Å². The van der Waals surface area contributed by atoms with Crippen molar-refractivity contribution in [1.82, 2.24) is 5.32 Å². The molecule has 1 aliphatic rings. The van der Waals surface area contributed by atoms with Crippen molar-refractivity contribution in [3.05, 3.63) is 35.4 Å². The molecule has 0 saturated carbocycles. The molecule has 86 valence electrons. The summed E-state index contributed by atoms with van der Waals surface area (Å²) in [4.78, 5) is 11.3. The Hall–Kier alpha value is -1.15.